The molecule has 2 amide bonds. The lowest BCUT2D eigenvalue weighted by Crippen LogP contribution is -2.51. The molecule has 5 rings (SSSR count). The fourth-order valence-corrected chi connectivity index (χ4v) is 4.47. The van der Waals surface area contributed by atoms with Crippen LogP contribution in [0.15, 0.2) is 48.8 Å². The van der Waals surface area contributed by atoms with Gasteiger partial charge in [-0.1, -0.05) is 18.2 Å². The number of piperazine rings is 1. The molecular weight excluding hydrogens is 430 g/mol. The number of ether oxygens (including phenoxy) is 1. The molecule has 9 heteroatoms. The Labute approximate surface area is 199 Å². The van der Waals surface area contributed by atoms with Crippen molar-refractivity contribution in [2.24, 2.45) is 0 Å². The largest absolute Gasteiger partial charge is 0.424 e. The van der Waals surface area contributed by atoms with Gasteiger partial charge in [0.1, 0.15) is 5.75 Å². The molecule has 2 fully saturated rings. The van der Waals surface area contributed by atoms with E-state index in [0.29, 0.717) is 6.01 Å². The predicted molar refractivity (Wildman–Crippen MR) is 130 cm³/mol. The molecule has 178 valence electrons. The zero-order valence-corrected chi connectivity index (χ0v) is 19.7. The number of fused-ring (bicyclic) bond motifs is 1. The van der Waals surface area contributed by atoms with Crippen LogP contribution in [0.2, 0.25) is 0 Å². The lowest BCUT2D eigenvalue weighted by atomic mass is 10.1. The van der Waals surface area contributed by atoms with Gasteiger partial charge in [0.25, 0.3) is 0 Å². The highest BCUT2D eigenvalue weighted by atomic mass is 16.5. The summed E-state index contributed by atoms with van der Waals surface area (Å²) >= 11 is 0. The molecular formula is C25H31N7O2. The number of hydrogen-bond donors (Lipinski definition) is 2. The van der Waals surface area contributed by atoms with Crippen LogP contribution in [0.5, 0.6) is 11.8 Å². The van der Waals surface area contributed by atoms with E-state index in [1.54, 1.807) is 19.0 Å². The van der Waals surface area contributed by atoms with Crippen molar-refractivity contribution in [2.45, 2.75) is 19.0 Å². The molecule has 0 saturated carbocycles. The van der Waals surface area contributed by atoms with Gasteiger partial charge < -0.3 is 14.5 Å². The third-order valence-corrected chi connectivity index (χ3v) is 6.40. The molecule has 3 aromatic rings. The highest BCUT2D eigenvalue weighted by Gasteiger charge is 2.22. The van der Waals surface area contributed by atoms with Crippen LogP contribution in [0, 0.1) is 0 Å². The molecule has 2 aromatic carbocycles. The molecule has 0 spiro atoms. The molecule has 0 radical (unpaired) electrons. The van der Waals surface area contributed by atoms with E-state index in [4.69, 9.17) is 4.74 Å². The van der Waals surface area contributed by atoms with Crippen LogP contribution in [-0.2, 0) is 6.54 Å². The van der Waals surface area contributed by atoms with Crippen LogP contribution < -0.4 is 15.6 Å². The lowest BCUT2D eigenvalue weighted by Gasteiger charge is -2.36. The van der Waals surface area contributed by atoms with E-state index >= 15 is 0 Å². The number of carbonyl (C=O) groups excluding carboxylic acids is 1. The maximum absolute atomic E-state index is 12.1. The molecule has 34 heavy (non-hydrogen) atoms. The van der Waals surface area contributed by atoms with Gasteiger partial charge in [0.15, 0.2) is 0 Å². The molecule has 0 bridgehead atoms. The van der Waals surface area contributed by atoms with E-state index in [0.717, 1.165) is 62.4 Å². The van der Waals surface area contributed by atoms with Crippen LogP contribution in [0.3, 0.4) is 0 Å². The predicted octanol–water partition coefficient (Wildman–Crippen LogP) is 2.76. The van der Waals surface area contributed by atoms with Crippen LogP contribution in [0.4, 0.5) is 4.79 Å². The minimum absolute atomic E-state index is 0.0906. The van der Waals surface area contributed by atoms with Crippen molar-refractivity contribution in [3.8, 4) is 11.8 Å². The van der Waals surface area contributed by atoms with E-state index in [2.05, 4.69) is 50.0 Å². The summed E-state index contributed by atoms with van der Waals surface area (Å²) < 4.78 is 5.90. The van der Waals surface area contributed by atoms with Crippen molar-refractivity contribution in [1.82, 2.24) is 35.5 Å². The van der Waals surface area contributed by atoms with Crippen molar-refractivity contribution < 1.29 is 9.53 Å². The van der Waals surface area contributed by atoms with Gasteiger partial charge in [-0.05, 0) is 41.0 Å². The maximum atomic E-state index is 12.1. The van der Waals surface area contributed by atoms with Gasteiger partial charge in [-0.2, -0.15) is 0 Å². The average molecular weight is 462 g/mol. The van der Waals surface area contributed by atoms with E-state index < -0.39 is 0 Å². The van der Waals surface area contributed by atoms with Gasteiger partial charge in [0, 0.05) is 71.3 Å². The second kappa shape index (κ2) is 9.92. The normalized spacial score (nSPS) is 18.9. The number of hydrazine groups is 1. The van der Waals surface area contributed by atoms with Gasteiger partial charge in [0.2, 0.25) is 0 Å². The van der Waals surface area contributed by atoms with Crippen molar-refractivity contribution in [1.29, 1.82) is 0 Å². The molecule has 2 aliphatic rings. The summed E-state index contributed by atoms with van der Waals surface area (Å²) in [6.45, 7) is 5.12. The highest BCUT2D eigenvalue weighted by molar-refractivity contribution is 5.84. The second-order valence-corrected chi connectivity index (χ2v) is 9.10. The monoisotopic (exact) mass is 461 g/mol. The molecule has 2 saturated heterocycles. The zero-order chi connectivity index (χ0) is 23.5. The third kappa shape index (κ3) is 5.11. The first-order valence-electron chi connectivity index (χ1n) is 11.7. The molecule has 1 unspecified atom stereocenters. The molecule has 9 nitrogen and oxygen atoms in total. The summed E-state index contributed by atoms with van der Waals surface area (Å²) in [6, 6.07) is 13.2. The number of nitrogens with one attached hydrogen (secondary N) is 2. The van der Waals surface area contributed by atoms with Gasteiger partial charge in [-0.25, -0.2) is 14.8 Å². The first kappa shape index (κ1) is 22.5. The minimum atomic E-state index is 0.0906. The van der Waals surface area contributed by atoms with Crippen molar-refractivity contribution in [3.63, 3.8) is 0 Å². The summed E-state index contributed by atoms with van der Waals surface area (Å²) in [5.41, 5.74) is 8.65. The number of benzene rings is 2. The fourth-order valence-electron chi connectivity index (χ4n) is 4.47. The summed E-state index contributed by atoms with van der Waals surface area (Å²) in [5.74, 6) is 0.718. The Bertz CT molecular complexity index is 1140. The number of hydrogen-bond acceptors (Lipinski definition) is 7. The van der Waals surface area contributed by atoms with Crippen molar-refractivity contribution in [2.75, 3.05) is 46.8 Å². The molecule has 1 aromatic heterocycles. The zero-order valence-electron chi connectivity index (χ0n) is 19.7. The van der Waals surface area contributed by atoms with Crippen LogP contribution in [-0.4, -0.2) is 77.5 Å². The third-order valence-electron chi connectivity index (χ3n) is 6.40. The molecule has 0 aliphatic carbocycles. The van der Waals surface area contributed by atoms with Crippen LogP contribution in [0.1, 0.15) is 23.6 Å². The minimum Gasteiger partial charge on any atom is -0.424 e. The van der Waals surface area contributed by atoms with E-state index in [1.807, 2.05) is 29.4 Å². The summed E-state index contributed by atoms with van der Waals surface area (Å²) in [6.07, 6.45) is 4.65. The number of nitrogens with zero attached hydrogens (tertiary/aromatic N) is 5. The Balaban J connectivity index is 1.19. The number of urea groups is 1. The van der Waals surface area contributed by atoms with Gasteiger partial charge in [-0.15, -0.1) is 0 Å². The Hall–Kier alpha value is -3.27. The first-order chi connectivity index (χ1) is 16.5. The van der Waals surface area contributed by atoms with Crippen molar-refractivity contribution in [3.05, 3.63) is 59.9 Å². The molecule has 2 aliphatic heterocycles. The Morgan fingerprint density at radius 3 is 2.50 bits per heavy atom. The van der Waals surface area contributed by atoms with Crippen LogP contribution in [0.25, 0.3) is 10.8 Å². The fraction of sp³-hybridized carbons (Fsp3) is 0.400. The Kier molecular flexibility index (Phi) is 6.57. The SMILES string of the molecule is CN(C)C(=O)N1CCN(Cc2ccc3cc(Oc4ncc(C5CCNN5)cn4)ccc3c2)CC1. The molecule has 2 N–H and O–H groups in total. The van der Waals surface area contributed by atoms with Gasteiger partial charge >= 0.3 is 12.0 Å². The summed E-state index contributed by atoms with van der Waals surface area (Å²) in [5, 5.41) is 2.28. The van der Waals surface area contributed by atoms with Gasteiger partial charge in [-0.3, -0.25) is 15.8 Å². The quantitative estimate of drug-likeness (QED) is 0.604. The standard InChI is InChI=1S/C25H31N7O2/c1-30(2)25(33)32-11-9-31(10-12-32)17-18-3-4-20-14-22(6-5-19(20)13-18)34-24-26-15-21(16-27-24)23-7-8-28-29-23/h3-6,13-16,23,28-29H,7-12,17H2,1-2H3. The highest BCUT2D eigenvalue weighted by Crippen LogP contribution is 2.26. The summed E-state index contributed by atoms with van der Waals surface area (Å²) in [4.78, 5) is 26.8. The van der Waals surface area contributed by atoms with E-state index in [1.165, 1.54) is 10.9 Å². The summed E-state index contributed by atoms with van der Waals surface area (Å²) in [7, 11) is 3.60. The smallest absolute Gasteiger partial charge is 0.321 e. The number of aromatic nitrogens is 2. The molecule has 1 atom stereocenters. The topological polar surface area (TPSA) is 85.9 Å². The second-order valence-electron chi connectivity index (χ2n) is 9.10. The Morgan fingerprint density at radius 2 is 1.79 bits per heavy atom. The first-order valence-corrected chi connectivity index (χ1v) is 11.7. The lowest BCUT2D eigenvalue weighted by molar-refractivity contribution is 0.120. The van der Waals surface area contributed by atoms with Crippen LogP contribution >= 0.6 is 0 Å². The maximum Gasteiger partial charge on any atom is 0.321 e. The Morgan fingerprint density at radius 1 is 1.06 bits per heavy atom. The van der Waals surface area contributed by atoms with Gasteiger partial charge in [0.05, 0.1) is 6.04 Å². The number of carbonyl (C=O) groups is 1. The molecule has 3 heterocycles. The number of amides is 2. The van der Waals surface area contributed by atoms with Crippen molar-refractivity contribution >= 4 is 16.8 Å². The average Bonchev–Trinajstić information content (AvgIpc) is 3.40. The number of rotatable bonds is 5. The van der Waals surface area contributed by atoms with E-state index in [-0.39, 0.29) is 12.1 Å². The van der Waals surface area contributed by atoms with E-state index in [9.17, 15) is 4.79 Å².